The van der Waals surface area contributed by atoms with E-state index in [-0.39, 0.29) is 12.1 Å². The molecule has 1 aliphatic carbocycles. The number of rotatable bonds is 8. The molecule has 7 heteroatoms. The van der Waals surface area contributed by atoms with Crippen molar-refractivity contribution >= 4 is 10.2 Å². The second-order valence-electron chi connectivity index (χ2n) is 5.93. The Morgan fingerprint density at radius 1 is 1.25 bits per heavy atom. The summed E-state index contributed by atoms with van der Waals surface area (Å²) in [6, 6.07) is 0.676. The molecule has 0 aromatic heterocycles. The van der Waals surface area contributed by atoms with Crippen molar-refractivity contribution in [3.8, 4) is 0 Å². The Morgan fingerprint density at radius 2 is 2.00 bits per heavy atom. The van der Waals surface area contributed by atoms with E-state index in [2.05, 4.69) is 10.0 Å². The van der Waals surface area contributed by atoms with Crippen LogP contribution in [0.3, 0.4) is 0 Å². The molecule has 1 saturated heterocycles. The number of nitrogens with one attached hydrogen (secondary N) is 2. The van der Waals surface area contributed by atoms with Gasteiger partial charge in [-0.1, -0.05) is 0 Å². The average molecular weight is 305 g/mol. The van der Waals surface area contributed by atoms with Gasteiger partial charge in [-0.25, -0.2) is 0 Å². The molecule has 2 N–H and O–H groups in total. The second-order valence-corrected chi connectivity index (χ2v) is 7.74. The summed E-state index contributed by atoms with van der Waals surface area (Å²) < 4.78 is 34.0. The van der Waals surface area contributed by atoms with Crippen LogP contribution in [-0.4, -0.2) is 57.7 Å². The summed E-state index contributed by atoms with van der Waals surface area (Å²) in [6.45, 7) is 4.05. The minimum atomic E-state index is -3.37. The fraction of sp³-hybridized carbons (Fsp3) is 1.00. The van der Waals surface area contributed by atoms with Gasteiger partial charge in [0.05, 0.1) is 6.10 Å². The van der Waals surface area contributed by atoms with Crippen molar-refractivity contribution in [2.24, 2.45) is 0 Å². The lowest BCUT2D eigenvalue weighted by molar-refractivity contribution is 0.0171. The number of ether oxygens (including phenoxy) is 1. The zero-order valence-corrected chi connectivity index (χ0v) is 13.3. The summed E-state index contributed by atoms with van der Waals surface area (Å²) >= 11 is 0. The number of hydrogen-bond acceptors (Lipinski definition) is 4. The molecule has 2 unspecified atom stereocenters. The molecule has 2 fully saturated rings. The van der Waals surface area contributed by atoms with E-state index in [1.165, 1.54) is 17.1 Å². The van der Waals surface area contributed by atoms with Crippen LogP contribution in [0.4, 0.5) is 0 Å². The van der Waals surface area contributed by atoms with E-state index >= 15 is 0 Å². The largest absolute Gasteiger partial charge is 0.378 e. The van der Waals surface area contributed by atoms with Crippen molar-refractivity contribution in [3.63, 3.8) is 0 Å². The molecule has 1 aliphatic heterocycles. The minimum Gasteiger partial charge on any atom is -0.378 e. The van der Waals surface area contributed by atoms with Crippen LogP contribution in [0.5, 0.6) is 0 Å². The first-order chi connectivity index (χ1) is 9.47. The molecule has 118 valence electrons. The standard InChI is InChI=1S/C13H27N3O3S/c1-11-10-13(6-9-19-11)15-20(17,18)16(2)8-3-7-14-12-4-5-12/h11-15H,3-10H2,1-2H3. The van der Waals surface area contributed by atoms with Gasteiger partial charge in [-0.05, 0) is 45.6 Å². The molecule has 6 nitrogen and oxygen atoms in total. The lowest BCUT2D eigenvalue weighted by Crippen LogP contribution is -2.47. The Kier molecular flexibility index (Phi) is 5.80. The molecule has 0 radical (unpaired) electrons. The van der Waals surface area contributed by atoms with Gasteiger partial charge in [0.2, 0.25) is 0 Å². The zero-order chi connectivity index (χ0) is 14.6. The zero-order valence-electron chi connectivity index (χ0n) is 12.5. The average Bonchev–Trinajstić information content (AvgIpc) is 3.17. The number of hydrogen-bond donors (Lipinski definition) is 2. The van der Waals surface area contributed by atoms with E-state index in [1.54, 1.807) is 7.05 Å². The highest BCUT2D eigenvalue weighted by atomic mass is 32.2. The molecule has 2 aliphatic rings. The molecular weight excluding hydrogens is 278 g/mol. The van der Waals surface area contributed by atoms with E-state index in [0.29, 0.717) is 19.2 Å². The molecular formula is C13H27N3O3S. The maximum Gasteiger partial charge on any atom is 0.279 e. The predicted octanol–water partition coefficient (Wildman–Crippen LogP) is 0.462. The van der Waals surface area contributed by atoms with E-state index in [1.807, 2.05) is 6.92 Å². The maximum absolute atomic E-state index is 12.2. The Hall–Kier alpha value is -0.210. The summed E-state index contributed by atoms with van der Waals surface area (Å²) in [4.78, 5) is 0. The Balaban J connectivity index is 1.69. The van der Waals surface area contributed by atoms with E-state index in [0.717, 1.165) is 25.8 Å². The highest BCUT2D eigenvalue weighted by molar-refractivity contribution is 7.87. The normalized spacial score (nSPS) is 27.9. The van der Waals surface area contributed by atoms with Gasteiger partial charge in [-0.2, -0.15) is 17.4 Å². The van der Waals surface area contributed by atoms with Gasteiger partial charge in [0.1, 0.15) is 0 Å². The van der Waals surface area contributed by atoms with Crippen molar-refractivity contribution < 1.29 is 13.2 Å². The van der Waals surface area contributed by atoms with Crippen LogP contribution in [0, 0.1) is 0 Å². The van der Waals surface area contributed by atoms with Crippen molar-refractivity contribution in [2.75, 3.05) is 26.7 Å². The predicted molar refractivity (Wildman–Crippen MR) is 78.8 cm³/mol. The van der Waals surface area contributed by atoms with Crippen molar-refractivity contribution in [3.05, 3.63) is 0 Å². The molecule has 0 aromatic rings. The van der Waals surface area contributed by atoms with Crippen LogP contribution >= 0.6 is 0 Å². The number of nitrogens with zero attached hydrogens (tertiary/aromatic N) is 1. The topological polar surface area (TPSA) is 70.7 Å². The fourth-order valence-corrected chi connectivity index (χ4v) is 3.61. The first-order valence-corrected chi connectivity index (χ1v) is 9.00. The molecule has 2 rings (SSSR count). The second kappa shape index (κ2) is 7.17. The van der Waals surface area contributed by atoms with Crippen LogP contribution in [0.1, 0.15) is 39.0 Å². The molecule has 20 heavy (non-hydrogen) atoms. The van der Waals surface area contributed by atoms with Crippen LogP contribution in [0.25, 0.3) is 0 Å². The summed E-state index contributed by atoms with van der Waals surface area (Å²) in [7, 11) is -1.73. The Labute approximate surface area is 122 Å². The minimum absolute atomic E-state index is 0.00390. The van der Waals surface area contributed by atoms with E-state index < -0.39 is 10.2 Å². The van der Waals surface area contributed by atoms with Gasteiger partial charge >= 0.3 is 0 Å². The van der Waals surface area contributed by atoms with Gasteiger partial charge in [0.15, 0.2) is 0 Å². The lowest BCUT2D eigenvalue weighted by Gasteiger charge is -2.29. The van der Waals surface area contributed by atoms with Crippen LogP contribution < -0.4 is 10.0 Å². The molecule has 1 saturated carbocycles. The summed E-state index contributed by atoms with van der Waals surface area (Å²) in [5, 5.41) is 3.39. The molecule has 0 bridgehead atoms. The maximum atomic E-state index is 12.2. The van der Waals surface area contributed by atoms with Crippen molar-refractivity contribution in [1.82, 2.24) is 14.3 Å². The molecule has 0 amide bonds. The fourth-order valence-electron chi connectivity index (χ4n) is 2.42. The summed E-state index contributed by atoms with van der Waals surface area (Å²) in [5.41, 5.74) is 0. The highest BCUT2D eigenvalue weighted by Crippen LogP contribution is 2.18. The Bertz CT molecular complexity index is 398. The monoisotopic (exact) mass is 305 g/mol. The smallest absolute Gasteiger partial charge is 0.279 e. The van der Waals surface area contributed by atoms with Gasteiger partial charge in [-0.3, -0.25) is 0 Å². The molecule has 0 spiro atoms. The van der Waals surface area contributed by atoms with Gasteiger partial charge in [0, 0.05) is 32.3 Å². The van der Waals surface area contributed by atoms with E-state index in [4.69, 9.17) is 4.74 Å². The summed E-state index contributed by atoms with van der Waals surface area (Å²) in [6.07, 6.45) is 4.99. The van der Waals surface area contributed by atoms with Gasteiger partial charge in [0.25, 0.3) is 10.2 Å². The van der Waals surface area contributed by atoms with Crippen LogP contribution in [0.15, 0.2) is 0 Å². The lowest BCUT2D eigenvalue weighted by atomic mass is 10.1. The molecule has 1 heterocycles. The molecule has 0 aromatic carbocycles. The van der Waals surface area contributed by atoms with E-state index in [9.17, 15) is 8.42 Å². The molecule has 2 atom stereocenters. The Morgan fingerprint density at radius 3 is 2.65 bits per heavy atom. The highest BCUT2D eigenvalue weighted by Gasteiger charge is 2.26. The first-order valence-electron chi connectivity index (χ1n) is 7.56. The van der Waals surface area contributed by atoms with Crippen molar-refractivity contribution in [2.45, 2.75) is 57.2 Å². The van der Waals surface area contributed by atoms with Crippen molar-refractivity contribution in [1.29, 1.82) is 0 Å². The van der Waals surface area contributed by atoms with Crippen LogP contribution in [0.2, 0.25) is 0 Å². The SMILES string of the molecule is CC1CC(NS(=O)(=O)N(C)CCCNC2CC2)CCO1. The van der Waals surface area contributed by atoms with Gasteiger partial charge < -0.3 is 10.1 Å². The van der Waals surface area contributed by atoms with Gasteiger partial charge in [-0.15, -0.1) is 0 Å². The van der Waals surface area contributed by atoms with Crippen LogP contribution in [-0.2, 0) is 14.9 Å². The summed E-state index contributed by atoms with van der Waals surface area (Å²) in [5.74, 6) is 0. The third-order valence-corrected chi connectivity index (χ3v) is 5.51. The third-order valence-electron chi connectivity index (χ3n) is 3.87. The third kappa shape index (κ3) is 5.29. The first kappa shape index (κ1) is 16.2. The quantitative estimate of drug-likeness (QED) is 0.639.